The van der Waals surface area contributed by atoms with Gasteiger partial charge in [0.1, 0.15) is 0 Å². The van der Waals surface area contributed by atoms with Crippen LogP contribution in [-0.2, 0) is 41.7 Å². The lowest BCUT2D eigenvalue weighted by Crippen LogP contribution is -2.31. The molecule has 2 atom stereocenters. The van der Waals surface area contributed by atoms with Crippen LogP contribution < -0.4 is 4.90 Å². The van der Waals surface area contributed by atoms with Gasteiger partial charge >= 0.3 is 0 Å². The first-order valence-electron chi connectivity index (χ1n) is 12.6. The fourth-order valence-corrected chi connectivity index (χ4v) is 6.77. The lowest BCUT2D eigenvalue weighted by molar-refractivity contribution is -0.122. The molecule has 0 aromatic heterocycles. The monoisotopic (exact) mass is 445 g/mol. The predicted molar refractivity (Wildman–Crippen MR) is 133 cm³/mol. The minimum Gasteiger partial charge on any atom is -0.274 e. The number of imide groups is 1. The van der Waals surface area contributed by atoms with E-state index in [0.717, 1.165) is 44.9 Å². The van der Waals surface area contributed by atoms with Crippen LogP contribution in [0.3, 0.4) is 0 Å². The van der Waals surface area contributed by atoms with Gasteiger partial charge in [-0.15, -0.1) is 0 Å². The Morgan fingerprint density at radius 1 is 0.676 bits per heavy atom. The molecular formula is C31H27NO2. The Hall–Kier alpha value is -3.46. The topological polar surface area (TPSA) is 37.4 Å². The molecule has 2 unspecified atom stereocenters. The highest BCUT2D eigenvalue weighted by molar-refractivity contribution is 6.23. The molecule has 4 bridgehead atoms. The van der Waals surface area contributed by atoms with Crippen LogP contribution in [-0.4, -0.2) is 11.8 Å². The number of benzene rings is 3. The van der Waals surface area contributed by atoms with Crippen molar-refractivity contribution >= 4 is 23.1 Å². The van der Waals surface area contributed by atoms with E-state index in [1.54, 1.807) is 0 Å². The highest BCUT2D eigenvalue weighted by atomic mass is 16.2. The summed E-state index contributed by atoms with van der Waals surface area (Å²) in [5.74, 6) is -0.565. The molecule has 6 aliphatic carbocycles. The summed E-state index contributed by atoms with van der Waals surface area (Å²) in [7, 11) is 0. The zero-order valence-corrected chi connectivity index (χ0v) is 19.2. The second-order valence-electron chi connectivity index (χ2n) is 10.2. The largest absolute Gasteiger partial charge is 0.274 e. The highest BCUT2D eigenvalue weighted by Crippen LogP contribution is 2.52. The van der Waals surface area contributed by atoms with Crippen molar-refractivity contribution in [1.29, 1.82) is 0 Å². The van der Waals surface area contributed by atoms with E-state index >= 15 is 0 Å². The molecule has 10 rings (SSSR count). The van der Waals surface area contributed by atoms with Crippen LogP contribution in [0.1, 0.15) is 46.2 Å². The lowest BCUT2D eigenvalue weighted by Gasteiger charge is -2.24. The number of nitrogens with zero attached hydrogens (tertiary/aromatic N) is 1. The molecule has 7 aliphatic rings. The molecule has 1 saturated heterocycles. The minimum atomic E-state index is -0.302. The summed E-state index contributed by atoms with van der Waals surface area (Å²) in [4.78, 5) is 28.5. The molecule has 1 aliphatic heterocycles. The number of rotatable bonds is 1. The zero-order chi connectivity index (χ0) is 22.8. The van der Waals surface area contributed by atoms with E-state index in [1.165, 1.54) is 49.4 Å². The second kappa shape index (κ2) is 7.53. The van der Waals surface area contributed by atoms with Crippen molar-refractivity contribution in [1.82, 2.24) is 0 Å². The van der Waals surface area contributed by atoms with E-state index in [1.807, 2.05) is 30.3 Å². The maximum absolute atomic E-state index is 13.7. The normalized spacial score (nSPS) is 23.0. The van der Waals surface area contributed by atoms with Crippen molar-refractivity contribution in [2.75, 3.05) is 4.90 Å². The summed E-state index contributed by atoms with van der Waals surface area (Å²) >= 11 is 0. The van der Waals surface area contributed by atoms with Gasteiger partial charge in [0.25, 0.3) is 0 Å². The predicted octanol–water partition coefficient (Wildman–Crippen LogP) is 5.48. The number of hydrogen-bond acceptors (Lipinski definition) is 2. The first kappa shape index (κ1) is 20.0. The number of carbonyl (C=O) groups excluding carboxylic acids is 2. The minimum absolute atomic E-state index is 0.0171. The van der Waals surface area contributed by atoms with E-state index in [9.17, 15) is 9.59 Å². The van der Waals surface area contributed by atoms with Gasteiger partial charge in [0, 0.05) is 0 Å². The van der Waals surface area contributed by atoms with Gasteiger partial charge in [-0.05, 0) is 102 Å². The summed E-state index contributed by atoms with van der Waals surface area (Å²) in [6.07, 6.45) is 6.57. The Morgan fingerprint density at radius 3 is 2.09 bits per heavy atom. The van der Waals surface area contributed by atoms with Gasteiger partial charge in [-0.3, -0.25) is 9.59 Å². The van der Waals surface area contributed by atoms with Gasteiger partial charge < -0.3 is 0 Å². The maximum atomic E-state index is 13.7. The first-order valence-corrected chi connectivity index (χ1v) is 12.6. The summed E-state index contributed by atoms with van der Waals surface area (Å²) in [5.41, 5.74) is 11.7. The average Bonchev–Trinajstić information content (AvgIpc) is 3.37. The Balaban J connectivity index is 1.31. The molecule has 34 heavy (non-hydrogen) atoms. The number of aryl methyl sites for hydroxylation is 4. The molecule has 3 aromatic rings. The van der Waals surface area contributed by atoms with E-state index in [2.05, 4.69) is 36.4 Å². The summed E-state index contributed by atoms with van der Waals surface area (Å²) in [6.45, 7) is 0. The van der Waals surface area contributed by atoms with E-state index in [-0.39, 0.29) is 23.7 Å². The molecular weight excluding hydrogens is 418 g/mol. The third kappa shape index (κ3) is 2.89. The molecule has 2 amide bonds. The summed E-state index contributed by atoms with van der Waals surface area (Å²) in [5, 5.41) is 0. The Morgan fingerprint density at radius 2 is 1.35 bits per heavy atom. The van der Waals surface area contributed by atoms with Gasteiger partial charge in [0.05, 0.1) is 17.5 Å². The molecule has 3 heteroatoms. The lowest BCUT2D eigenvalue weighted by atomic mass is 9.76. The number of anilines is 1. The van der Waals surface area contributed by atoms with Crippen LogP contribution in [0.5, 0.6) is 0 Å². The zero-order valence-electron chi connectivity index (χ0n) is 19.2. The van der Waals surface area contributed by atoms with Crippen molar-refractivity contribution in [3.05, 3.63) is 106 Å². The molecule has 3 nitrogen and oxygen atoms in total. The smallest absolute Gasteiger partial charge is 0.241 e. The fourth-order valence-electron chi connectivity index (χ4n) is 6.77. The molecule has 1 heterocycles. The van der Waals surface area contributed by atoms with Crippen molar-refractivity contribution in [2.45, 2.75) is 44.9 Å². The number of allylic oxidation sites excluding steroid dienone is 1. The Kier molecular flexibility index (Phi) is 4.42. The summed E-state index contributed by atoms with van der Waals surface area (Å²) in [6, 6.07) is 23.2. The molecule has 0 spiro atoms. The van der Waals surface area contributed by atoms with Gasteiger partial charge in [0.15, 0.2) is 0 Å². The van der Waals surface area contributed by atoms with E-state index in [4.69, 9.17) is 0 Å². The van der Waals surface area contributed by atoms with Gasteiger partial charge in [-0.2, -0.15) is 0 Å². The number of amides is 2. The van der Waals surface area contributed by atoms with Crippen LogP contribution in [0.4, 0.5) is 5.69 Å². The van der Waals surface area contributed by atoms with Crippen molar-refractivity contribution in [3.8, 4) is 0 Å². The molecule has 0 N–H and O–H groups in total. The molecule has 3 aromatic carbocycles. The maximum Gasteiger partial charge on any atom is 0.241 e. The van der Waals surface area contributed by atoms with Crippen LogP contribution >= 0.6 is 0 Å². The van der Waals surface area contributed by atoms with Gasteiger partial charge in [-0.25, -0.2) is 4.90 Å². The van der Waals surface area contributed by atoms with Crippen molar-refractivity contribution < 1.29 is 9.59 Å². The average molecular weight is 446 g/mol. The molecule has 0 saturated carbocycles. The molecule has 0 radical (unpaired) electrons. The SMILES string of the molecule is O=C1C2CCC3=C(Cc4c5ccc(c43)CCc3ccc(cc3)CC5)C2C(=O)N1c1ccccc1. The number of para-hydroxylation sites is 1. The standard InChI is InChI=1S/C31H27NO2/c33-30-25-17-16-24-27(29(25)31(34)32(30)23-4-2-1-3-5-23)18-26-21-12-10-19-6-8-20(9-7-19)11-13-22(15-14-21)28(24)26/h1-9,14-15,25,29H,10-13,16-18H2. The quantitative estimate of drug-likeness (QED) is 0.465. The number of carbonyl (C=O) groups is 2. The van der Waals surface area contributed by atoms with E-state index < -0.39 is 0 Å². The van der Waals surface area contributed by atoms with Crippen LogP contribution in [0.2, 0.25) is 0 Å². The third-order valence-electron chi connectivity index (χ3n) is 8.46. The third-order valence-corrected chi connectivity index (χ3v) is 8.46. The summed E-state index contributed by atoms with van der Waals surface area (Å²) < 4.78 is 0. The second-order valence-corrected chi connectivity index (χ2v) is 10.2. The Bertz CT molecular complexity index is 1370. The number of hydrogen-bond donors (Lipinski definition) is 0. The van der Waals surface area contributed by atoms with Crippen LogP contribution in [0.25, 0.3) is 5.57 Å². The van der Waals surface area contributed by atoms with Crippen LogP contribution in [0, 0.1) is 11.8 Å². The Labute approximate surface area is 200 Å². The number of fused-ring (bicyclic) bond motifs is 2. The van der Waals surface area contributed by atoms with Crippen molar-refractivity contribution in [3.63, 3.8) is 0 Å². The molecule has 1 fully saturated rings. The fraction of sp³-hybridized carbons (Fsp3) is 0.290. The highest BCUT2D eigenvalue weighted by Gasteiger charge is 2.53. The molecule has 168 valence electrons. The van der Waals surface area contributed by atoms with Gasteiger partial charge in [0.2, 0.25) is 11.8 Å². The van der Waals surface area contributed by atoms with Crippen molar-refractivity contribution in [2.24, 2.45) is 11.8 Å². The first-order chi connectivity index (χ1) is 16.7. The van der Waals surface area contributed by atoms with Crippen LogP contribution in [0.15, 0.2) is 72.3 Å². The van der Waals surface area contributed by atoms with Gasteiger partial charge in [-0.1, -0.05) is 54.6 Å². The van der Waals surface area contributed by atoms with E-state index in [0.29, 0.717) is 5.69 Å².